The summed E-state index contributed by atoms with van der Waals surface area (Å²) in [6, 6.07) is 6.25. The second kappa shape index (κ2) is 5.43. The molecule has 0 unspecified atom stereocenters. The maximum absolute atomic E-state index is 13.0. The van der Waals surface area contributed by atoms with Gasteiger partial charge in [-0.2, -0.15) is 0 Å². The Bertz CT molecular complexity index is 617. The van der Waals surface area contributed by atoms with Crippen LogP contribution in [0.2, 0.25) is 0 Å². The number of carbonyl (C=O) groups is 1. The van der Waals surface area contributed by atoms with Crippen LogP contribution in [-0.4, -0.2) is 21.0 Å². The number of hydrogen-bond donors (Lipinski definition) is 2. The van der Waals surface area contributed by atoms with Gasteiger partial charge in [0.05, 0.1) is 0 Å². The summed E-state index contributed by atoms with van der Waals surface area (Å²) < 4.78 is 13.0. The van der Waals surface area contributed by atoms with Gasteiger partial charge in [0.25, 0.3) is 0 Å². The molecule has 0 bridgehead atoms. The smallest absolute Gasteiger partial charge is 0.341 e. The first-order chi connectivity index (χ1) is 9.06. The minimum absolute atomic E-state index is 0.0586. The molecule has 1 aromatic carbocycles. The number of hydrogen-bond acceptors (Lipinski definition) is 4. The Morgan fingerprint density at radius 3 is 2.79 bits per heavy atom. The van der Waals surface area contributed by atoms with Crippen molar-refractivity contribution in [3.63, 3.8) is 0 Å². The summed E-state index contributed by atoms with van der Waals surface area (Å²) in [5.74, 6) is -1.07. The molecule has 0 aliphatic rings. The lowest BCUT2D eigenvalue weighted by molar-refractivity contribution is 0.0697. The summed E-state index contributed by atoms with van der Waals surface area (Å²) in [4.78, 5) is 18.6. The first kappa shape index (κ1) is 12.9. The molecule has 6 heteroatoms. The zero-order valence-electron chi connectivity index (χ0n) is 10.0. The van der Waals surface area contributed by atoms with Crippen LogP contribution >= 0.6 is 0 Å². The minimum Gasteiger partial charge on any atom is -0.477 e. The minimum atomic E-state index is -1.16. The molecule has 0 atom stereocenters. The van der Waals surface area contributed by atoms with Gasteiger partial charge in [0, 0.05) is 12.6 Å². The van der Waals surface area contributed by atoms with Crippen LogP contribution in [0.5, 0.6) is 0 Å². The van der Waals surface area contributed by atoms with Gasteiger partial charge in [-0.1, -0.05) is 12.1 Å². The van der Waals surface area contributed by atoms with Crippen molar-refractivity contribution in [1.29, 1.82) is 0 Å². The van der Waals surface area contributed by atoms with Crippen LogP contribution in [-0.2, 0) is 12.8 Å². The molecule has 0 radical (unpaired) electrons. The van der Waals surface area contributed by atoms with Crippen molar-refractivity contribution in [3.8, 4) is 0 Å². The predicted molar refractivity (Wildman–Crippen MR) is 67.2 cm³/mol. The number of rotatable bonds is 4. The summed E-state index contributed by atoms with van der Waals surface area (Å²) in [6.07, 6.45) is 2.21. The van der Waals surface area contributed by atoms with Crippen molar-refractivity contribution >= 4 is 11.8 Å². The third kappa shape index (κ3) is 3.25. The maximum Gasteiger partial charge on any atom is 0.341 e. The van der Waals surface area contributed by atoms with Crippen molar-refractivity contribution < 1.29 is 14.3 Å². The average molecular weight is 261 g/mol. The first-order valence-corrected chi connectivity index (χ1v) is 5.65. The molecular weight excluding hydrogens is 249 g/mol. The van der Waals surface area contributed by atoms with Gasteiger partial charge in [0.2, 0.25) is 0 Å². The monoisotopic (exact) mass is 261 g/mol. The molecule has 0 saturated heterocycles. The second-order valence-electron chi connectivity index (χ2n) is 4.02. The van der Waals surface area contributed by atoms with Crippen LogP contribution in [0.4, 0.5) is 10.2 Å². The van der Waals surface area contributed by atoms with E-state index in [1.165, 1.54) is 18.3 Å². The highest BCUT2D eigenvalue weighted by atomic mass is 19.1. The van der Waals surface area contributed by atoms with E-state index in [-0.39, 0.29) is 17.2 Å². The summed E-state index contributed by atoms with van der Waals surface area (Å²) in [5.41, 5.74) is 6.23. The predicted octanol–water partition coefficient (Wildman–Crippen LogP) is 1.68. The number of halogens is 1. The van der Waals surface area contributed by atoms with Gasteiger partial charge < -0.3 is 10.8 Å². The number of aromatic carboxylic acids is 1. The lowest BCUT2D eigenvalue weighted by atomic mass is 10.1. The SMILES string of the molecule is Nc1nc(CCc2cccc(F)c2)ncc1C(=O)O. The molecule has 0 saturated carbocycles. The Morgan fingerprint density at radius 1 is 1.37 bits per heavy atom. The largest absolute Gasteiger partial charge is 0.477 e. The van der Waals surface area contributed by atoms with E-state index in [1.807, 2.05) is 0 Å². The fourth-order valence-corrected chi connectivity index (χ4v) is 1.67. The number of anilines is 1. The molecule has 0 fully saturated rings. The average Bonchev–Trinajstić information content (AvgIpc) is 2.36. The van der Waals surface area contributed by atoms with E-state index in [4.69, 9.17) is 10.8 Å². The lowest BCUT2D eigenvalue weighted by Gasteiger charge is -2.04. The third-order valence-electron chi connectivity index (χ3n) is 2.62. The van der Waals surface area contributed by atoms with E-state index in [9.17, 15) is 9.18 Å². The molecule has 19 heavy (non-hydrogen) atoms. The molecule has 3 N–H and O–H groups in total. The summed E-state index contributed by atoms with van der Waals surface area (Å²) in [7, 11) is 0. The van der Waals surface area contributed by atoms with Crippen molar-refractivity contribution in [2.75, 3.05) is 5.73 Å². The Balaban J connectivity index is 2.08. The van der Waals surface area contributed by atoms with Crippen LogP contribution in [0.15, 0.2) is 30.5 Å². The standard InChI is InChI=1S/C13H12FN3O2/c14-9-3-1-2-8(6-9)4-5-11-16-7-10(13(18)19)12(15)17-11/h1-3,6-7H,4-5H2,(H,18,19)(H2,15,16,17). The van der Waals surface area contributed by atoms with Crippen LogP contribution in [0.3, 0.4) is 0 Å². The number of nitrogens with two attached hydrogens (primary N) is 1. The normalized spacial score (nSPS) is 10.4. The molecule has 0 aliphatic carbocycles. The third-order valence-corrected chi connectivity index (χ3v) is 2.62. The summed E-state index contributed by atoms with van der Waals surface area (Å²) in [5, 5.41) is 8.79. The quantitative estimate of drug-likeness (QED) is 0.874. The molecule has 0 aliphatic heterocycles. The fraction of sp³-hybridized carbons (Fsp3) is 0.154. The Kier molecular flexibility index (Phi) is 3.70. The Labute approximate surface area is 108 Å². The molecule has 98 valence electrons. The maximum atomic E-state index is 13.0. The molecule has 0 amide bonds. The van der Waals surface area contributed by atoms with E-state index in [0.29, 0.717) is 18.7 Å². The number of carboxylic acids is 1. The van der Waals surface area contributed by atoms with E-state index in [2.05, 4.69) is 9.97 Å². The number of benzene rings is 1. The van der Waals surface area contributed by atoms with E-state index in [1.54, 1.807) is 12.1 Å². The highest BCUT2D eigenvalue weighted by Gasteiger charge is 2.10. The van der Waals surface area contributed by atoms with Crippen LogP contribution < -0.4 is 5.73 Å². The molecule has 0 spiro atoms. The zero-order chi connectivity index (χ0) is 13.8. The van der Waals surface area contributed by atoms with Crippen molar-refractivity contribution in [2.24, 2.45) is 0 Å². The van der Waals surface area contributed by atoms with Crippen LogP contribution in [0.25, 0.3) is 0 Å². The van der Waals surface area contributed by atoms with E-state index < -0.39 is 5.97 Å². The molecule has 1 heterocycles. The van der Waals surface area contributed by atoms with Crippen molar-refractivity contribution in [1.82, 2.24) is 9.97 Å². The molecule has 5 nitrogen and oxygen atoms in total. The van der Waals surface area contributed by atoms with Gasteiger partial charge >= 0.3 is 5.97 Å². The molecule has 2 rings (SSSR count). The summed E-state index contributed by atoms with van der Waals surface area (Å²) >= 11 is 0. The van der Waals surface area contributed by atoms with E-state index in [0.717, 1.165) is 5.56 Å². The van der Waals surface area contributed by atoms with Crippen LogP contribution in [0.1, 0.15) is 21.7 Å². The van der Waals surface area contributed by atoms with Gasteiger partial charge in [-0.25, -0.2) is 19.2 Å². The van der Waals surface area contributed by atoms with Gasteiger partial charge in [-0.3, -0.25) is 0 Å². The number of nitrogen functional groups attached to an aromatic ring is 1. The molecule has 1 aromatic heterocycles. The molecular formula is C13H12FN3O2. The lowest BCUT2D eigenvalue weighted by Crippen LogP contribution is -2.09. The van der Waals surface area contributed by atoms with Gasteiger partial charge in [0.1, 0.15) is 23.0 Å². The highest BCUT2D eigenvalue weighted by molar-refractivity contribution is 5.92. The first-order valence-electron chi connectivity index (χ1n) is 5.65. The number of aryl methyl sites for hydroxylation is 2. The Morgan fingerprint density at radius 2 is 2.16 bits per heavy atom. The second-order valence-corrected chi connectivity index (χ2v) is 4.02. The van der Waals surface area contributed by atoms with Gasteiger partial charge in [-0.15, -0.1) is 0 Å². The topological polar surface area (TPSA) is 89.1 Å². The highest BCUT2D eigenvalue weighted by Crippen LogP contribution is 2.10. The zero-order valence-corrected chi connectivity index (χ0v) is 10.0. The van der Waals surface area contributed by atoms with Crippen molar-refractivity contribution in [2.45, 2.75) is 12.8 Å². The Hall–Kier alpha value is -2.50. The van der Waals surface area contributed by atoms with Crippen LogP contribution in [0, 0.1) is 5.82 Å². The number of carboxylic acid groups (broad SMARTS) is 1. The summed E-state index contributed by atoms with van der Waals surface area (Å²) in [6.45, 7) is 0. The number of aromatic nitrogens is 2. The van der Waals surface area contributed by atoms with E-state index >= 15 is 0 Å². The van der Waals surface area contributed by atoms with Crippen molar-refractivity contribution in [3.05, 3.63) is 53.2 Å². The molecule has 2 aromatic rings. The fourth-order valence-electron chi connectivity index (χ4n) is 1.67. The van der Waals surface area contributed by atoms with Gasteiger partial charge in [-0.05, 0) is 24.1 Å². The van der Waals surface area contributed by atoms with Gasteiger partial charge in [0.15, 0.2) is 0 Å². The number of nitrogens with zero attached hydrogens (tertiary/aromatic N) is 2.